The molecule has 2 N–H and O–H groups in total. The molecule has 0 saturated carbocycles. The third-order valence-corrected chi connectivity index (χ3v) is 4.91. The number of fused-ring (bicyclic) bond motifs is 1. The molecule has 4 rings (SSSR count). The maximum atomic E-state index is 11.4. The highest BCUT2D eigenvalue weighted by atomic mass is 16.6. The number of anilines is 1. The van der Waals surface area contributed by atoms with Gasteiger partial charge in [-0.3, -0.25) is 9.69 Å². The first-order chi connectivity index (χ1) is 13.2. The number of carbonyl (C=O) groups is 1. The standard InChI is InChI=1S/C20H24N4O3/c21-20(25)16-3-1-4-19(22-16)24-8-2-7-23(9-10-24)14-15-5-6-17-18(13-15)27-12-11-26-17/h1,3-6,13H,2,7-12,14H2,(H2,21,25). The van der Waals surface area contributed by atoms with E-state index in [2.05, 4.69) is 26.9 Å². The van der Waals surface area contributed by atoms with Gasteiger partial charge in [0, 0.05) is 32.7 Å². The van der Waals surface area contributed by atoms with Crippen molar-refractivity contribution >= 4 is 11.7 Å². The second-order valence-corrected chi connectivity index (χ2v) is 6.84. The van der Waals surface area contributed by atoms with Gasteiger partial charge < -0.3 is 20.1 Å². The number of hydrogen-bond acceptors (Lipinski definition) is 6. The quantitative estimate of drug-likeness (QED) is 0.884. The molecule has 0 unspecified atom stereocenters. The molecule has 0 spiro atoms. The first kappa shape index (κ1) is 17.6. The number of amides is 1. The van der Waals surface area contributed by atoms with E-state index in [9.17, 15) is 4.79 Å². The van der Waals surface area contributed by atoms with E-state index < -0.39 is 5.91 Å². The summed E-state index contributed by atoms with van der Waals surface area (Å²) >= 11 is 0. The van der Waals surface area contributed by atoms with Crippen LogP contribution < -0.4 is 20.1 Å². The number of pyridine rings is 1. The van der Waals surface area contributed by atoms with Crippen LogP contribution in [0.5, 0.6) is 11.5 Å². The van der Waals surface area contributed by atoms with Crippen molar-refractivity contribution in [3.05, 3.63) is 47.7 Å². The summed E-state index contributed by atoms with van der Waals surface area (Å²) in [6.45, 7) is 5.80. The topological polar surface area (TPSA) is 80.9 Å². The third-order valence-electron chi connectivity index (χ3n) is 4.91. The zero-order chi connectivity index (χ0) is 18.6. The molecule has 0 bridgehead atoms. The minimum absolute atomic E-state index is 0.310. The Morgan fingerprint density at radius 1 is 1.04 bits per heavy atom. The molecule has 7 heteroatoms. The molecule has 0 atom stereocenters. The van der Waals surface area contributed by atoms with Crippen LogP contribution in [-0.4, -0.2) is 55.2 Å². The fourth-order valence-corrected chi connectivity index (χ4v) is 3.54. The van der Waals surface area contributed by atoms with Gasteiger partial charge in [0.15, 0.2) is 11.5 Å². The van der Waals surface area contributed by atoms with E-state index in [-0.39, 0.29) is 0 Å². The lowest BCUT2D eigenvalue weighted by molar-refractivity contribution is 0.0995. The maximum absolute atomic E-state index is 11.4. The molecule has 2 aliphatic heterocycles. The Bertz CT molecular complexity index is 827. The van der Waals surface area contributed by atoms with Gasteiger partial charge in [-0.25, -0.2) is 4.98 Å². The summed E-state index contributed by atoms with van der Waals surface area (Å²) in [5, 5.41) is 0. The molecule has 2 aliphatic rings. The van der Waals surface area contributed by atoms with Gasteiger partial charge in [-0.15, -0.1) is 0 Å². The van der Waals surface area contributed by atoms with Crippen molar-refractivity contribution in [1.29, 1.82) is 0 Å². The fourth-order valence-electron chi connectivity index (χ4n) is 3.54. The molecule has 27 heavy (non-hydrogen) atoms. The van der Waals surface area contributed by atoms with Crippen molar-refractivity contribution in [3.8, 4) is 11.5 Å². The van der Waals surface area contributed by atoms with Gasteiger partial charge in [0.25, 0.3) is 5.91 Å². The van der Waals surface area contributed by atoms with Crippen molar-refractivity contribution < 1.29 is 14.3 Å². The molecular weight excluding hydrogens is 344 g/mol. The molecule has 1 aromatic carbocycles. The predicted octanol–water partition coefficient (Wildman–Crippen LogP) is 1.66. The minimum atomic E-state index is -0.494. The van der Waals surface area contributed by atoms with Crippen LogP contribution in [0.2, 0.25) is 0 Å². The van der Waals surface area contributed by atoms with Crippen LogP contribution in [0.25, 0.3) is 0 Å². The lowest BCUT2D eigenvalue weighted by Crippen LogP contribution is -2.31. The Hall–Kier alpha value is -2.80. The number of aromatic nitrogens is 1. The smallest absolute Gasteiger partial charge is 0.267 e. The van der Waals surface area contributed by atoms with Crippen molar-refractivity contribution in [2.24, 2.45) is 5.73 Å². The second-order valence-electron chi connectivity index (χ2n) is 6.84. The van der Waals surface area contributed by atoms with Gasteiger partial charge >= 0.3 is 0 Å². The number of rotatable bonds is 4. The van der Waals surface area contributed by atoms with Gasteiger partial charge in [0.1, 0.15) is 24.7 Å². The maximum Gasteiger partial charge on any atom is 0.267 e. The molecule has 0 aliphatic carbocycles. The van der Waals surface area contributed by atoms with Crippen molar-refractivity contribution in [1.82, 2.24) is 9.88 Å². The normalized spacial score (nSPS) is 17.4. The van der Waals surface area contributed by atoms with E-state index in [1.807, 2.05) is 18.2 Å². The molecule has 3 heterocycles. The largest absolute Gasteiger partial charge is 0.486 e. The van der Waals surface area contributed by atoms with Crippen LogP contribution in [-0.2, 0) is 6.54 Å². The Morgan fingerprint density at radius 2 is 1.89 bits per heavy atom. The van der Waals surface area contributed by atoms with E-state index in [0.29, 0.717) is 18.9 Å². The number of primary amides is 1. The van der Waals surface area contributed by atoms with Gasteiger partial charge in [-0.05, 0) is 36.2 Å². The van der Waals surface area contributed by atoms with E-state index >= 15 is 0 Å². The average Bonchev–Trinajstić information content (AvgIpc) is 2.93. The third kappa shape index (κ3) is 4.14. The number of carbonyl (C=O) groups excluding carboxylic acids is 1. The highest BCUT2D eigenvalue weighted by Crippen LogP contribution is 2.31. The van der Waals surface area contributed by atoms with Gasteiger partial charge in [0.05, 0.1) is 0 Å². The molecular formula is C20H24N4O3. The highest BCUT2D eigenvalue weighted by molar-refractivity contribution is 5.91. The Kier molecular flexibility index (Phi) is 5.11. The SMILES string of the molecule is NC(=O)c1cccc(N2CCCN(Cc3ccc4c(c3)OCCO4)CC2)n1. The van der Waals surface area contributed by atoms with Crippen LogP contribution in [0.15, 0.2) is 36.4 Å². The average molecular weight is 368 g/mol. The summed E-state index contributed by atoms with van der Waals surface area (Å²) in [4.78, 5) is 20.4. The molecule has 2 aromatic rings. The number of hydrogen-bond donors (Lipinski definition) is 1. The van der Waals surface area contributed by atoms with Gasteiger partial charge in [-0.2, -0.15) is 0 Å². The zero-order valence-electron chi connectivity index (χ0n) is 15.3. The zero-order valence-corrected chi connectivity index (χ0v) is 15.3. The molecule has 0 radical (unpaired) electrons. The summed E-state index contributed by atoms with van der Waals surface area (Å²) < 4.78 is 11.3. The van der Waals surface area contributed by atoms with E-state index in [1.165, 1.54) is 5.56 Å². The van der Waals surface area contributed by atoms with Crippen molar-refractivity contribution in [3.63, 3.8) is 0 Å². The Balaban J connectivity index is 1.40. The lowest BCUT2D eigenvalue weighted by atomic mass is 10.1. The summed E-state index contributed by atoms with van der Waals surface area (Å²) in [6.07, 6.45) is 1.03. The van der Waals surface area contributed by atoms with Crippen LogP contribution in [0.3, 0.4) is 0 Å². The van der Waals surface area contributed by atoms with E-state index in [0.717, 1.165) is 56.5 Å². The lowest BCUT2D eigenvalue weighted by Gasteiger charge is -2.24. The first-order valence-electron chi connectivity index (χ1n) is 9.32. The minimum Gasteiger partial charge on any atom is -0.486 e. The van der Waals surface area contributed by atoms with Crippen LogP contribution >= 0.6 is 0 Å². The Labute approximate surface area is 158 Å². The predicted molar refractivity (Wildman–Crippen MR) is 102 cm³/mol. The van der Waals surface area contributed by atoms with E-state index in [4.69, 9.17) is 15.2 Å². The number of ether oxygens (including phenoxy) is 2. The summed E-state index contributed by atoms with van der Waals surface area (Å²) in [7, 11) is 0. The van der Waals surface area contributed by atoms with Crippen LogP contribution in [0, 0.1) is 0 Å². The molecule has 1 amide bonds. The molecule has 1 saturated heterocycles. The highest BCUT2D eigenvalue weighted by Gasteiger charge is 2.18. The van der Waals surface area contributed by atoms with Crippen LogP contribution in [0.1, 0.15) is 22.5 Å². The van der Waals surface area contributed by atoms with E-state index in [1.54, 1.807) is 6.07 Å². The first-order valence-corrected chi connectivity index (χ1v) is 9.32. The number of benzene rings is 1. The summed E-state index contributed by atoms with van der Waals surface area (Å²) in [5.74, 6) is 1.98. The second kappa shape index (κ2) is 7.84. The van der Waals surface area contributed by atoms with Crippen molar-refractivity contribution in [2.75, 3.05) is 44.3 Å². The Morgan fingerprint density at radius 3 is 2.74 bits per heavy atom. The van der Waals surface area contributed by atoms with Gasteiger partial charge in [-0.1, -0.05) is 12.1 Å². The van der Waals surface area contributed by atoms with Gasteiger partial charge in [0.2, 0.25) is 0 Å². The monoisotopic (exact) mass is 368 g/mol. The van der Waals surface area contributed by atoms with Crippen molar-refractivity contribution in [2.45, 2.75) is 13.0 Å². The summed E-state index contributed by atoms with van der Waals surface area (Å²) in [6, 6.07) is 11.6. The molecule has 1 fully saturated rings. The molecule has 142 valence electrons. The van der Waals surface area contributed by atoms with Crippen LogP contribution in [0.4, 0.5) is 5.82 Å². The number of nitrogens with zero attached hydrogens (tertiary/aromatic N) is 3. The summed E-state index contributed by atoms with van der Waals surface area (Å²) in [5.41, 5.74) is 6.89. The molecule has 7 nitrogen and oxygen atoms in total. The number of nitrogens with two attached hydrogens (primary N) is 1. The fraction of sp³-hybridized carbons (Fsp3) is 0.400. The molecule has 1 aromatic heterocycles.